The van der Waals surface area contributed by atoms with Gasteiger partial charge in [-0.25, -0.2) is 4.79 Å². The first kappa shape index (κ1) is 21.2. The summed E-state index contributed by atoms with van der Waals surface area (Å²) in [5.74, 6) is -2.59. The maximum absolute atomic E-state index is 12.4. The van der Waals surface area contributed by atoms with Crippen LogP contribution in [0.3, 0.4) is 0 Å². The molecule has 0 aromatic carbocycles. The average molecular weight is 397 g/mol. The van der Waals surface area contributed by atoms with E-state index in [0.717, 1.165) is 0 Å². The van der Waals surface area contributed by atoms with Crippen LogP contribution in [0, 0.1) is 23.2 Å². The Bertz CT molecular complexity index is 687. The topological polar surface area (TPSA) is 151 Å². The van der Waals surface area contributed by atoms with Crippen LogP contribution in [-0.4, -0.2) is 69.1 Å². The molecule has 1 fully saturated rings. The number of β-lactam (4-membered cyclic amide) rings is 1. The number of aliphatic hydroxyl groups excluding tert-OH is 2. The summed E-state index contributed by atoms with van der Waals surface area (Å²) in [5, 5.41) is 39.8. The molecule has 0 radical (unpaired) electrons. The van der Waals surface area contributed by atoms with Crippen LogP contribution in [0.25, 0.3) is 0 Å². The third-order valence-corrected chi connectivity index (χ3v) is 5.94. The number of nitrogens with one attached hydrogen (secondary N) is 1. The molecule has 4 atom stereocenters. The molecular weight excluding hydrogens is 374 g/mol. The second-order valence-corrected chi connectivity index (χ2v) is 7.60. The molecule has 0 unspecified atom stereocenters. The van der Waals surface area contributed by atoms with Gasteiger partial charge >= 0.3 is 5.97 Å². The van der Waals surface area contributed by atoms with Crippen LogP contribution in [0.4, 0.5) is 0 Å². The van der Waals surface area contributed by atoms with E-state index in [0.29, 0.717) is 17.1 Å². The molecule has 4 N–H and O–H groups in total. The molecule has 10 heteroatoms. The van der Waals surface area contributed by atoms with Crippen molar-refractivity contribution in [2.75, 3.05) is 18.9 Å². The highest BCUT2D eigenvalue weighted by Gasteiger charge is 2.60. The van der Waals surface area contributed by atoms with Gasteiger partial charge in [0.1, 0.15) is 5.70 Å². The van der Waals surface area contributed by atoms with Gasteiger partial charge in [0.2, 0.25) is 11.8 Å². The number of amides is 2. The molecule has 27 heavy (non-hydrogen) atoms. The van der Waals surface area contributed by atoms with E-state index in [-0.39, 0.29) is 43.5 Å². The fourth-order valence-electron chi connectivity index (χ4n) is 3.61. The largest absolute Gasteiger partial charge is 0.477 e. The minimum atomic E-state index is -1.22. The Hall–Kier alpha value is -2.09. The van der Waals surface area contributed by atoms with Gasteiger partial charge in [-0.1, -0.05) is 0 Å². The minimum absolute atomic E-state index is 0.0189. The zero-order valence-corrected chi connectivity index (χ0v) is 15.7. The SMILES string of the molecule is C[C@@H](O)[C@H]1C(=O)N2C(C(=O)O)=C(SCCC#N)[C@H](CCNC(=O)CCO)[C@H]12. The molecule has 2 aliphatic heterocycles. The summed E-state index contributed by atoms with van der Waals surface area (Å²) in [6, 6.07) is 1.53. The third kappa shape index (κ3) is 4.26. The van der Waals surface area contributed by atoms with Crippen LogP contribution in [0.1, 0.15) is 26.2 Å². The van der Waals surface area contributed by atoms with Crippen LogP contribution in [0.5, 0.6) is 0 Å². The summed E-state index contributed by atoms with van der Waals surface area (Å²) in [5.41, 5.74) is -0.0866. The fourth-order valence-corrected chi connectivity index (χ4v) is 4.82. The lowest BCUT2D eigenvalue weighted by molar-refractivity contribution is -0.163. The van der Waals surface area contributed by atoms with Crippen molar-refractivity contribution < 1.29 is 29.7 Å². The number of carbonyl (C=O) groups is 3. The Balaban J connectivity index is 2.23. The molecule has 9 nitrogen and oxygen atoms in total. The van der Waals surface area contributed by atoms with Crippen molar-refractivity contribution >= 4 is 29.5 Å². The Morgan fingerprint density at radius 2 is 2.15 bits per heavy atom. The first-order valence-electron chi connectivity index (χ1n) is 8.71. The number of nitrogens with zero attached hydrogens (tertiary/aromatic N) is 2. The van der Waals surface area contributed by atoms with Gasteiger partial charge in [0.15, 0.2) is 0 Å². The number of fused-ring (bicyclic) bond motifs is 1. The van der Waals surface area contributed by atoms with E-state index in [1.165, 1.54) is 23.6 Å². The second kappa shape index (κ2) is 9.21. The van der Waals surface area contributed by atoms with Crippen LogP contribution < -0.4 is 5.32 Å². The number of aliphatic hydroxyl groups is 2. The van der Waals surface area contributed by atoms with Crippen LogP contribution in [0.15, 0.2) is 10.6 Å². The first-order chi connectivity index (χ1) is 12.8. The molecule has 0 bridgehead atoms. The number of nitriles is 1. The molecule has 0 spiro atoms. The van der Waals surface area contributed by atoms with E-state index >= 15 is 0 Å². The molecule has 0 saturated carbocycles. The van der Waals surface area contributed by atoms with Crippen LogP contribution in [-0.2, 0) is 14.4 Å². The molecule has 0 aliphatic carbocycles. The highest BCUT2D eigenvalue weighted by Crippen LogP contribution is 2.51. The predicted molar refractivity (Wildman–Crippen MR) is 96.0 cm³/mol. The molecular formula is C17H23N3O6S. The summed E-state index contributed by atoms with van der Waals surface area (Å²) < 4.78 is 0. The molecule has 2 heterocycles. The van der Waals surface area contributed by atoms with Crippen molar-refractivity contribution in [1.29, 1.82) is 5.26 Å². The van der Waals surface area contributed by atoms with Crippen molar-refractivity contribution in [3.05, 3.63) is 10.6 Å². The number of carbonyl (C=O) groups excluding carboxylic acids is 2. The van der Waals surface area contributed by atoms with Crippen LogP contribution in [0.2, 0.25) is 0 Å². The number of thioether (sulfide) groups is 1. The van der Waals surface area contributed by atoms with Gasteiger partial charge in [-0.3, -0.25) is 9.59 Å². The zero-order chi connectivity index (χ0) is 20.1. The van der Waals surface area contributed by atoms with E-state index < -0.39 is 29.9 Å². The lowest BCUT2D eigenvalue weighted by Gasteiger charge is -2.47. The van der Waals surface area contributed by atoms with E-state index in [2.05, 4.69) is 5.32 Å². The highest BCUT2D eigenvalue weighted by atomic mass is 32.2. The second-order valence-electron chi connectivity index (χ2n) is 6.46. The van der Waals surface area contributed by atoms with Crippen molar-refractivity contribution in [1.82, 2.24) is 10.2 Å². The first-order valence-corrected chi connectivity index (χ1v) is 9.69. The molecule has 0 aromatic rings. The summed E-state index contributed by atoms with van der Waals surface area (Å²) in [7, 11) is 0. The summed E-state index contributed by atoms with van der Waals surface area (Å²) in [6.45, 7) is 1.49. The lowest BCUT2D eigenvalue weighted by Crippen LogP contribution is -2.64. The lowest BCUT2D eigenvalue weighted by atomic mass is 9.77. The molecule has 0 aromatic heterocycles. The Morgan fingerprint density at radius 3 is 2.70 bits per heavy atom. The van der Waals surface area contributed by atoms with Gasteiger partial charge in [0.05, 0.1) is 30.7 Å². The summed E-state index contributed by atoms with van der Waals surface area (Å²) in [4.78, 5) is 37.5. The predicted octanol–water partition coefficient (Wildman–Crippen LogP) is -0.344. The summed E-state index contributed by atoms with van der Waals surface area (Å²) >= 11 is 1.23. The Morgan fingerprint density at radius 1 is 1.44 bits per heavy atom. The van der Waals surface area contributed by atoms with Crippen molar-refractivity contribution in [3.63, 3.8) is 0 Å². The molecule has 1 saturated heterocycles. The molecule has 148 valence electrons. The number of carboxylic acids is 1. The Kier molecular flexibility index (Phi) is 7.24. The van der Waals surface area contributed by atoms with Crippen molar-refractivity contribution in [2.45, 2.75) is 38.3 Å². The van der Waals surface area contributed by atoms with Gasteiger partial charge in [-0.2, -0.15) is 5.26 Å². The highest BCUT2D eigenvalue weighted by molar-refractivity contribution is 8.03. The number of rotatable bonds is 10. The standard InChI is InChI=1S/C17H23N3O6S/c1-9(22)12-13-10(3-6-19-11(23)4-7-21)15(27-8-2-5-18)14(17(25)26)20(13)16(12)24/h9-10,12-13,21-22H,2-4,6-8H2,1H3,(H,19,23)(H,25,26)/t9-,10-,12-,13-/m1/s1. The van der Waals surface area contributed by atoms with Gasteiger partial charge in [-0.05, 0) is 13.3 Å². The number of aliphatic carboxylic acids is 1. The maximum Gasteiger partial charge on any atom is 0.353 e. The van der Waals surface area contributed by atoms with E-state index in [4.69, 9.17) is 10.4 Å². The molecule has 2 aliphatic rings. The normalized spacial score (nSPS) is 24.9. The van der Waals surface area contributed by atoms with Gasteiger partial charge < -0.3 is 25.5 Å². The van der Waals surface area contributed by atoms with Crippen LogP contribution >= 0.6 is 11.8 Å². The van der Waals surface area contributed by atoms with E-state index in [1.807, 2.05) is 6.07 Å². The van der Waals surface area contributed by atoms with Gasteiger partial charge in [0.25, 0.3) is 0 Å². The van der Waals surface area contributed by atoms with Gasteiger partial charge in [-0.15, -0.1) is 11.8 Å². The maximum atomic E-state index is 12.4. The fraction of sp³-hybridized carbons (Fsp3) is 0.647. The average Bonchev–Trinajstić information content (AvgIpc) is 2.85. The summed E-state index contributed by atoms with van der Waals surface area (Å²) in [6.07, 6.45) is -0.307. The quantitative estimate of drug-likeness (QED) is 0.289. The smallest absolute Gasteiger partial charge is 0.353 e. The number of hydrogen-bond acceptors (Lipinski definition) is 7. The minimum Gasteiger partial charge on any atom is -0.477 e. The van der Waals surface area contributed by atoms with Crippen molar-refractivity contribution in [3.8, 4) is 6.07 Å². The zero-order valence-electron chi connectivity index (χ0n) is 14.9. The number of hydrogen-bond donors (Lipinski definition) is 4. The van der Waals surface area contributed by atoms with Crippen molar-refractivity contribution in [2.24, 2.45) is 11.8 Å². The van der Waals surface area contributed by atoms with Gasteiger partial charge in [0, 0.05) is 36.0 Å². The number of carboxylic acid groups (broad SMARTS) is 1. The monoisotopic (exact) mass is 397 g/mol. The third-order valence-electron chi connectivity index (χ3n) is 4.72. The Labute approximate surface area is 161 Å². The van der Waals surface area contributed by atoms with E-state index in [1.54, 1.807) is 0 Å². The molecule has 2 rings (SSSR count). The molecule has 2 amide bonds. The van der Waals surface area contributed by atoms with E-state index in [9.17, 15) is 24.6 Å².